The van der Waals surface area contributed by atoms with Crippen molar-refractivity contribution < 1.29 is 9.53 Å². The van der Waals surface area contributed by atoms with Crippen LogP contribution < -0.4 is 10.1 Å². The molecule has 1 aliphatic rings. The first-order valence-electron chi connectivity index (χ1n) is 7.75. The molecule has 24 heavy (non-hydrogen) atoms. The number of carbonyl (C=O) groups is 1. The molecular weight excluding hydrogens is 304 g/mol. The summed E-state index contributed by atoms with van der Waals surface area (Å²) in [5, 5.41) is 11.3. The summed E-state index contributed by atoms with van der Waals surface area (Å²) in [6, 6.07) is 13.1. The van der Waals surface area contributed by atoms with Crippen LogP contribution in [0.1, 0.15) is 24.4 Å². The average molecular weight is 320 g/mol. The van der Waals surface area contributed by atoms with Gasteiger partial charge in [-0.1, -0.05) is 24.3 Å². The number of para-hydroxylation sites is 1. The Bertz CT molecular complexity index is 945. The Morgan fingerprint density at radius 3 is 2.96 bits per heavy atom. The molecule has 0 saturated heterocycles. The summed E-state index contributed by atoms with van der Waals surface area (Å²) in [5.41, 5.74) is 2.26. The van der Waals surface area contributed by atoms with Crippen LogP contribution in [0.3, 0.4) is 0 Å². The van der Waals surface area contributed by atoms with Gasteiger partial charge in [0.2, 0.25) is 0 Å². The van der Waals surface area contributed by atoms with Gasteiger partial charge in [0.25, 0.3) is 5.91 Å². The fourth-order valence-electron chi connectivity index (χ4n) is 2.76. The third kappa shape index (κ3) is 2.52. The highest BCUT2D eigenvalue weighted by Gasteiger charge is 2.21. The van der Waals surface area contributed by atoms with Crippen LogP contribution in [0.4, 0.5) is 0 Å². The lowest BCUT2D eigenvalue weighted by atomic mass is 10.1. The number of amides is 1. The van der Waals surface area contributed by atoms with Crippen LogP contribution >= 0.6 is 0 Å². The minimum atomic E-state index is -0.270. The number of fused-ring (bicyclic) bond motifs is 2. The maximum Gasteiger partial charge on any atom is 0.251 e. The van der Waals surface area contributed by atoms with Crippen molar-refractivity contribution in [1.29, 1.82) is 0 Å². The van der Waals surface area contributed by atoms with Crippen LogP contribution in [0.5, 0.6) is 5.75 Å². The van der Waals surface area contributed by atoms with Crippen molar-refractivity contribution in [2.75, 3.05) is 6.61 Å². The molecule has 0 saturated carbocycles. The lowest BCUT2D eigenvalue weighted by Gasteiger charge is -2.19. The number of rotatable bonds is 3. The third-order valence-corrected chi connectivity index (χ3v) is 4.00. The molecule has 6 nitrogen and oxygen atoms in total. The molecule has 6 heteroatoms. The Labute approximate surface area is 138 Å². The number of hydrogen-bond donors (Lipinski definition) is 1. The predicted molar refractivity (Wildman–Crippen MR) is 89.5 cm³/mol. The first-order chi connectivity index (χ1) is 11.7. The lowest BCUT2D eigenvalue weighted by Crippen LogP contribution is -2.31. The van der Waals surface area contributed by atoms with Gasteiger partial charge in [0.05, 0.1) is 11.6 Å². The quantitative estimate of drug-likeness (QED) is 0.804. The maximum atomic E-state index is 12.5. The molecule has 1 amide bonds. The molecule has 1 aromatic carbocycles. The molecule has 1 atom stereocenters. The Morgan fingerprint density at radius 2 is 2.04 bits per heavy atom. The topological polar surface area (TPSA) is 68.5 Å². The summed E-state index contributed by atoms with van der Waals surface area (Å²) >= 11 is 0. The standard InChI is InChI=1S/C18H16N4O2/c1-12(17-21-20-16-8-4-5-9-22(16)17)19-18(23)14-10-13-6-2-3-7-15(13)24-11-14/h2-10,12H,11H2,1H3,(H,19,23). The number of hydrogen-bond acceptors (Lipinski definition) is 4. The van der Waals surface area contributed by atoms with Crippen molar-refractivity contribution in [2.24, 2.45) is 0 Å². The van der Waals surface area contributed by atoms with Gasteiger partial charge in [-0.05, 0) is 31.2 Å². The van der Waals surface area contributed by atoms with Crippen molar-refractivity contribution in [2.45, 2.75) is 13.0 Å². The zero-order valence-electron chi connectivity index (χ0n) is 13.1. The van der Waals surface area contributed by atoms with Crippen LogP contribution in [0.25, 0.3) is 11.7 Å². The number of carbonyl (C=O) groups excluding carboxylic acids is 1. The highest BCUT2D eigenvalue weighted by Crippen LogP contribution is 2.26. The summed E-state index contributed by atoms with van der Waals surface area (Å²) < 4.78 is 7.50. The molecular formula is C18H16N4O2. The van der Waals surface area contributed by atoms with E-state index < -0.39 is 0 Å². The first kappa shape index (κ1) is 14.4. The van der Waals surface area contributed by atoms with Crippen LogP contribution in [-0.4, -0.2) is 27.1 Å². The van der Waals surface area contributed by atoms with E-state index in [0.717, 1.165) is 17.0 Å². The second-order valence-electron chi connectivity index (χ2n) is 5.68. The van der Waals surface area contributed by atoms with E-state index in [-0.39, 0.29) is 18.6 Å². The molecule has 1 aliphatic heterocycles. The van der Waals surface area contributed by atoms with Crippen LogP contribution in [-0.2, 0) is 4.79 Å². The van der Waals surface area contributed by atoms with Crippen LogP contribution in [0.2, 0.25) is 0 Å². The van der Waals surface area contributed by atoms with Gasteiger partial charge in [0.15, 0.2) is 11.5 Å². The summed E-state index contributed by atoms with van der Waals surface area (Å²) in [5.74, 6) is 1.33. The molecule has 0 aliphatic carbocycles. The van der Waals surface area contributed by atoms with Crippen molar-refractivity contribution in [3.05, 3.63) is 65.6 Å². The van der Waals surface area contributed by atoms with Gasteiger partial charge in [0.1, 0.15) is 12.4 Å². The summed E-state index contributed by atoms with van der Waals surface area (Å²) in [6.07, 6.45) is 3.75. The molecule has 0 fully saturated rings. The van der Waals surface area contributed by atoms with Crippen molar-refractivity contribution >= 4 is 17.6 Å². The normalized spacial score (nSPS) is 14.5. The highest BCUT2D eigenvalue weighted by molar-refractivity contribution is 5.99. The monoisotopic (exact) mass is 320 g/mol. The number of ether oxygens (including phenoxy) is 1. The molecule has 0 bridgehead atoms. The van der Waals surface area contributed by atoms with E-state index in [2.05, 4.69) is 15.5 Å². The molecule has 0 radical (unpaired) electrons. The fraction of sp³-hybridized carbons (Fsp3) is 0.167. The van der Waals surface area contributed by atoms with Crippen LogP contribution in [0, 0.1) is 0 Å². The largest absolute Gasteiger partial charge is 0.488 e. The van der Waals surface area contributed by atoms with Crippen LogP contribution in [0.15, 0.2) is 54.2 Å². The lowest BCUT2D eigenvalue weighted by molar-refractivity contribution is -0.118. The van der Waals surface area contributed by atoms with Gasteiger partial charge in [-0.15, -0.1) is 10.2 Å². The molecule has 0 spiro atoms. The molecule has 1 N–H and O–H groups in total. The smallest absolute Gasteiger partial charge is 0.251 e. The van der Waals surface area contributed by atoms with E-state index in [1.165, 1.54) is 0 Å². The zero-order chi connectivity index (χ0) is 16.5. The maximum absolute atomic E-state index is 12.5. The minimum absolute atomic E-state index is 0.162. The van der Waals surface area contributed by atoms with Gasteiger partial charge >= 0.3 is 0 Å². The van der Waals surface area contributed by atoms with E-state index in [4.69, 9.17) is 4.74 Å². The summed E-state index contributed by atoms with van der Waals surface area (Å²) in [4.78, 5) is 12.5. The van der Waals surface area contributed by atoms with E-state index in [1.54, 1.807) is 0 Å². The highest BCUT2D eigenvalue weighted by atomic mass is 16.5. The number of pyridine rings is 1. The SMILES string of the molecule is CC(NC(=O)C1=Cc2ccccc2OC1)c1nnc2ccccn12. The first-order valence-corrected chi connectivity index (χ1v) is 7.75. The van der Waals surface area contributed by atoms with E-state index in [1.807, 2.05) is 66.1 Å². The third-order valence-electron chi connectivity index (χ3n) is 4.00. The Morgan fingerprint density at radius 1 is 1.21 bits per heavy atom. The molecule has 2 aromatic heterocycles. The van der Waals surface area contributed by atoms with Gasteiger partial charge in [-0.3, -0.25) is 9.20 Å². The summed E-state index contributed by atoms with van der Waals surface area (Å²) in [7, 11) is 0. The summed E-state index contributed by atoms with van der Waals surface area (Å²) in [6.45, 7) is 2.15. The second-order valence-corrected chi connectivity index (χ2v) is 5.68. The van der Waals surface area contributed by atoms with E-state index in [0.29, 0.717) is 11.4 Å². The number of nitrogens with one attached hydrogen (secondary N) is 1. The molecule has 4 rings (SSSR count). The van der Waals surface area contributed by atoms with Gasteiger partial charge in [0, 0.05) is 11.8 Å². The van der Waals surface area contributed by atoms with Gasteiger partial charge < -0.3 is 10.1 Å². The Hall–Kier alpha value is -3.15. The Kier molecular flexibility index (Phi) is 3.49. The molecule has 3 aromatic rings. The number of benzene rings is 1. The average Bonchev–Trinajstić information content (AvgIpc) is 3.05. The molecule has 3 heterocycles. The zero-order valence-corrected chi connectivity index (χ0v) is 13.1. The molecule has 120 valence electrons. The van der Waals surface area contributed by atoms with Gasteiger partial charge in [-0.25, -0.2) is 0 Å². The minimum Gasteiger partial charge on any atom is -0.488 e. The number of nitrogens with zero attached hydrogens (tertiary/aromatic N) is 3. The second kappa shape index (κ2) is 5.81. The van der Waals surface area contributed by atoms with E-state index in [9.17, 15) is 4.79 Å². The van der Waals surface area contributed by atoms with Crippen molar-refractivity contribution in [3.63, 3.8) is 0 Å². The van der Waals surface area contributed by atoms with E-state index >= 15 is 0 Å². The van der Waals surface area contributed by atoms with Gasteiger partial charge in [-0.2, -0.15) is 0 Å². The molecule has 1 unspecified atom stereocenters. The van der Waals surface area contributed by atoms with Crippen molar-refractivity contribution in [1.82, 2.24) is 19.9 Å². The fourth-order valence-corrected chi connectivity index (χ4v) is 2.76. The van der Waals surface area contributed by atoms with Crippen molar-refractivity contribution in [3.8, 4) is 5.75 Å². The number of aromatic nitrogens is 3. The Balaban J connectivity index is 1.55. The predicted octanol–water partition coefficient (Wildman–Crippen LogP) is 2.38.